The maximum atomic E-state index is 9.37. The molecule has 5 nitrogen and oxygen atoms in total. The van der Waals surface area contributed by atoms with E-state index in [9.17, 15) is 15.3 Å². The largest absolute Gasteiger partial charge is 0.504 e. The lowest BCUT2D eigenvalue weighted by Crippen LogP contribution is -1.92. The standard InChI is InChI=1S/C12H12O5/c13-10-6-3-1-2-4-8-16-17-9-5-7-11(14)12(10)15/h1-9,13-15H/b2-1+,6-3+,8-4-,9-5-,11-7?,12-10?. The number of allylic oxidation sites excluding steroid dienone is 7. The van der Waals surface area contributed by atoms with Crippen LogP contribution in [-0.2, 0) is 9.78 Å². The van der Waals surface area contributed by atoms with Gasteiger partial charge >= 0.3 is 0 Å². The van der Waals surface area contributed by atoms with Crippen molar-refractivity contribution in [2.24, 2.45) is 0 Å². The summed E-state index contributed by atoms with van der Waals surface area (Å²) >= 11 is 0. The molecular formula is C12H12O5. The van der Waals surface area contributed by atoms with Gasteiger partial charge in [0.05, 0.1) is 0 Å². The van der Waals surface area contributed by atoms with Gasteiger partial charge in [-0.3, -0.25) is 9.78 Å². The van der Waals surface area contributed by atoms with Crippen LogP contribution in [0.15, 0.2) is 72.3 Å². The Kier molecular flexibility index (Phi) is 5.03. The molecule has 17 heavy (non-hydrogen) atoms. The summed E-state index contributed by atoms with van der Waals surface area (Å²) in [6, 6.07) is 0. The van der Waals surface area contributed by atoms with Gasteiger partial charge in [-0.05, 0) is 24.3 Å². The third-order valence-corrected chi connectivity index (χ3v) is 1.65. The van der Waals surface area contributed by atoms with Crippen LogP contribution in [0.4, 0.5) is 0 Å². The van der Waals surface area contributed by atoms with E-state index in [1.807, 2.05) is 0 Å². The molecule has 0 amide bonds. The van der Waals surface area contributed by atoms with Crippen molar-refractivity contribution >= 4 is 0 Å². The van der Waals surface area contributed by atoms with E-state index in [0.717, 1.165) is 12.3 Å². The molecule has 0 radical (unpaired) electrons. The molecular weight excluding hydrogens is 224 g/mol. The Balaban J connectivity index is 2.96. The Labute approximate surface area is 98.1 Å². The zero-order valence-electron chi connectivity index (χ0n) is 8.85. The highest BCUT2D eigenvalue weighted by molar-refractivity contribution is 5.30. The van der Waals surface area contributed by atoms with E-state index >= 15 is 0 Å². The molecule has 1 heterocycles. The van der Waals surface area contributed by atoms with Crippen LogP contribution in [0.3, 0.4) is 0 Å². The van der Waals surface area contributed by atoms with Gasteiger partial charge in [0.25, 0.3) is 0 Å². The number of rotatable bonds is 0. The first kappa shape index (κ1) is 12.5. The summed E-state index contributed by atoms with van der Waals surface area (Å²) in [6.07, 6.45) is 12.4. The molecule has 0 spiro atoms. The predicted octanol–water partition coefficient (Wildman–Crippen LogP) is 2.86. The number of hydrogen-bond acceptors (Lipinski definition) is 5. The molecule has 90 valence electrons. The Morgan fingerprint density at radius 3 is 2.18 bits per heavy atom. The first-order valence-electron chi connectivity index (χ1n) is 4.72. The summed E-state index contributed by atoms with van der Waals surface area (Å²) in [7, 11) is 0. The molecule has 0 saturated carbocycles. The van der Waals surface area contributed by atoms with Crippen LogP contribution in [0.2, 0.25) is 0 Å². The van der Waals surface area contributed by atoms with Gasteiger partial charge in [-0.15, -0.1) is 0 Å². The van der Waals surface area contributed by atoms with Crippen molar-refractivity contribution < 1.29 is 25.1 Å². The monoisotopic (exact) mass is 236 g/mol. The highest BCUT2D eigenvalue weighted by atomic mass is 17.2. The molecule has 0 fully saturated rings. The summed E-state index contributed by atoms with van der Waals surface area (Å²) in [6.45, 7) is 0. The molecule has 1 aliphatic heterocycles. The second kappa shape index (κ2) is 6.84. The van der Waals surface area contributed by atoms with Crippen LogP contribution in [0, 0.1) is 0 Å². The van der Waals surface area contributed by atoms with Crippen LogP contribution in [0.1, 0.15) is 0 Å². The van der Waals surface area contributed by atoms with Crippen molar-refractivity contribution in [1.82, 2.24) is 0 Å². The maximum absolute atomic E-state index is 9.37. The van der Waals surface area contributed by atoms with Gasteiger partial charge in [0, 0.05) is 0 Å². The molecule has 0 aromatic carbocycles. The maximum Gasteiger partial charge on any atom is 0.200 e. The first-order valence-corrected chi connectivity index (χ1v) is 4.72. The smallest absolute Gasteiger partial charge is 0.200 e. The van der Waals surface area contributed by atoms with E-state index in [0.29, 0.717) is 0 Å². The molecule has 3 N–H and O–H groups in total. The third kappa shape index (κ3) is 4.65. The van der Waals surface area contributed by atoms with Gasteiger partial charge in [-0.1, -0.05) is 18.2 Å². The molecule has 0 aromatic heterocycles. The minimum Gasteiger partial charge on any atom is -0.504 e. The highest BCUT2D eigenvalue weighted by Crippen LogP contribution is 2.09. The molecule has 5 heteroatoms. The molecule has 0 aromatic rings. The lowest BCUT2D eigenvalue weighted by atomic mass is 10.3. The number of aliphatic hydroxyl groups is 3. The fourth-order valence-electron chi connectivity index (χ4n) is 0.868. The number of aliphatic hydroxyl groups excluding tert-OH is 3. The topological polar surface area (TPSA) is 79.2 Å². The van der Waals surface area contributed by atoms with Gasteiger partial charge in [-0.25, -0.2) is 0 Å². The van der Waals surface area contributed by atoms with E-state index in [-0.39, 0.29) is 0 Å². The predicted molar refractivity (Wildman–Crippen MR) is 61.7 cm³/mol. The Hall–Kier alpha value is -2.56. The normalized spacial score (nSPS) is 24.6. The highest BCUT2D eigenvalue weighted by Gasteiger charge is 2.04. The van der Waals surface area contributed by atoms with Crippen molar-refractivity contribution in [3.8, 4) is 0 Å². The Morgan fingerprint density at radius 2 is 1.41 bits per heavy atom. The molecule has 1 rings (SSSR count). The summed E-state index contributed by atoms with van der Waals surface area (Å²) < 4.78 is 0. The van der Waals surface area contributed by atoms with Gasteiger partial charge in [0.2, 0.25) is 0 Å². The molecule has 1 aliphatic rings. The van der Waals surface area contributed by atoms with Crippen molar-refractivity contribution in [3.05, 3.63) is 72.3 Å². The average Bonchev–Trinajstić information content (AvgIpc) is 2.33. The SMILES string of the molecule is OC1=C/C=C\OO\C=C/C=C/C=C/C(O)=C1O. The fourth-order valence-corrected chi connectivity index (χ4v) is 0.868. The Bertz CT molecular complexity index is 424. The van der Waals surface area contributed by atoms with E-state index in [1.165, 1.54) is 24.5 Å². The van der Waals surface area contributed by atoms with E-state index in [1.54, 1.807) is 18.2 Å². The first-order chi connectivity index (χ1) is 8.22. The van der Waals surface area contributed by atoms with Crippen molar-refractivity contribution in [2.75, 3.05) is 0 Å². The van der Waals surface area contributed by atoms with Crippen LogP contribution < -0.4 is 0 Å². The molecule has 0 unspecified atom stereocenters. The van der Waals surface area contributed by atoms with Crippen molar-refractivity contribution in [3.63, 3.8) is 0 Å². The summed E-state index contributed by atoms with van der Waals surface area (Å²) in [4.78, 5) is 9.14. The Morgan fingerprint density at radius 1 is 0.765 bits per heavy atom. The third-order valence-electron chi connectivity index (χ3n) is 1.65. The zero-order chi connectivity index (χ0) is 12.5. The van der Waals surface area contributed by atoms with Gasteiger partial charge < -0.3 is 15.3 Å². The second-order valence-corrected chi connectivity index (χ2v) is 2.88. The van der Waals surface area contributed by atoms with Crippen LogP contribution in [-0.4, -0.2) is 15.3 Å². The summed E-state index contributed by atoms with van der Waals surface area (Å²) in [5, 5.41) is 28.1. The number of hydrogen-bond donors (Lipinski definition) is 3. The molecule has 0 atom stereocenters. The molecule has 0 aliphatic carbocycles. The lowest BCUT2D eigenvalue weighted by molar-refractivity contribution is -0.195. The minimum atomic E-state index is -0.632. The van der Waals surface area contributed by atoms with Crippen molar-refractivity contribution in [2.45, 2.75) is 0 Å². The second-order valence-electron chi connectivity index (χ2n) is 2.88. The van der Waals surface area contributed by atoms with Gasteiger partial charge in [0.15, 0.2) is 17.3 Å². The minimum absolute atomic E-state index is 0.449. The van der Waals surface area contributed by atoms with Gasteiger partial charge in [-0.2, -0.15) is 0 Å². The van der Waals surface area contributed by atoms with E-state index in [2.05, 4.69) is 9.78 Å². The average molecular weight is 236 g/mol. The van der Waals surface area contributed by atoms with Crippen LogP contribution >= 0.6 is 0 Å². The van der Waals surface area contributed by atoms with Crippen molar-refractivity contribution in [1.29, 1.82) is 0 Å². The molecule has 0 bridgehead atoms. The summed E-state index contributed by atoms with van der Waals surface area (Å²) in [5.74, 6) is -1.58. The van der Waals surface area contributed by atoms with Crippen LogP contribution in [0.5, 0.6) is 0 Å². The zero-order valence-corrected chi connectivity index (χ0v) is 8.85. The van der Waals surface area contributed by atoms with E-state index in [4.69, 9.17) is 0 Å². The lowest BCUT2D eigenvalue weighted by Gasteiger charge is -1.99. The molecule has 0 saturated heterocycles. The fraction of sp³-hybridized carbons (Fsp3) is 0. The van der Waals surface area contributed by atoms with E-state index < -0.39 is 17.3 Å². The quantitative estimate of drug-likeness (QED) is 0.563. The van der Waals surface area contributed by atoms with Gasteiger partial charge in [0.1, 0.15) is 12.5 Å². The van der Waals surface area contributed by atoms with Crippen LogP contribution in [0.25, 0.3) is 0 Å². The summed E-state index contributed by atoms with van der Waals surface area (Å²) in [5.41, 5.74) is 0.